The van der Waals surface area contributed by atoms with Gasteiger partial charge < -0.3 is 5.73 Å². The third-order valence-electron chi connectivity index (χ3n) is 2.61. The van der Waals surface area contributed by atoms with E-state index >= 15 is 0 Å². The van der Waals surface area contributed by atoms with E-state index in [2.05, 4.69) is 21.0 Å². The van der Waals surface area contributed by atoms with Gasteiger partial charge in [-0.2, -0.15) is 5.10 Å². The zero-order valence-corrected chi connectivity index (χ0v) is 11.0. The van der Waals surface area contributed by atoms with Crippen molar-refractivity contribution in [1.29, 1.82) is 0 Å². The van der Waals surface area contributed by atoms with Gasteiger partial charge in [0, 0.05) is 29.3 Å². The molecule has 90 valence electrons. The largest absolute Gasteiger partial charge is 0.324 e. The smallest absolute Gasteiger partial charge is 0.124 e. The van der Waals surface area contributed by atoms with Gasteiger partial charge in [-0.05, 0) is 24.1 Å². The highest BCUT2D eigenvalue weighted by atomic mass is 79.9. The number of hydrogen-bond donors (Lipinski definition) is 1. The summed E-state index contributed by atoms with van der Waals surface area (Å²) in [5, 5.41) is 4.08. The zero-order chi connectivity index (χ0) is 12.4. The molecule has 0 aliphatic rings. The molecule has 0 bridgehead atoms. The van der Waals surface area contributed by atoms with Gasteiger partial charge in [0.15, 0.2) is 0 Å². The molecule has 0 fully saturated rings. The van der Waals surface area contributed by atoms with Gasteiger partial charge in [0.25, 0.3) is 0 Å². The average molecular weight is 298 g/mol. The third kappa shape index (κ3) is 2.92. The Morgan fingerprint density at radius 3 is 2.88 bits per heavy atom. The SMILES string of the molecule is Cn1cc(C(N)Cc2ccc(F)cc2Br)cn1. The first-order chi connectivity index (χ1) is 8.06. The van der Waals surface area contributed by atoms with Gasteiger partial charge in [0.05, 0.1) is 6.20 Å². The fourth-order valence-electron chi connectivity index (χ4n) is 1.67. The predicted molar refractivity (Wildman–Crippen MR) is 67.9 cm³/mol. The lowest BCUT2D eigenvalue weighted by atomic mass is 10.0. The number of aryl methyl sites for hydroxylation is 1. The predicted octanol–water partition coefficient (Wildman–Crippen LogP) is 2.56. The maximum atomic E-state index is 12.9. The van der Waals surface area contributed by atoms with Crippen molar-refractivity contribution in [3.05, 3.63) is 52.0 Å². The summed E-state index contributed by atoms with van der Waals surface area (Å²) in [6, 6.07) is 4.50. The summed E-state index contributed by atoms with van der Waals surface area (Å²) in [6.45, 7) is 0. The van der Waals surface area contributed by atoms with Crippen LogP contribution in [0.4, 0.5) is 4.39 Å². The van der Waals surface area contributed by atoms with Crippen LogP contribution in [0.5, 0.6) is 0 Å². The summed E-state index contributed by atoms with van der Waals surface area (Å²) in [4.78, 5) is 0. The highest BCUT2D eigenvalue weighted by molar-refractivity contribution is 9.10. The molecule has 1 aromatic heterocycles. The fraction of sp³-hybridized carbons (Fsp3) is 0.250. The van der Waals surface area contributed by atoms with Gasteiger partial charge in [-0.1, -0.05) is 22.0 Å². The van der Waals surface area contributed by atoms with E-state index in [-0.39, 0.29) is 11.9 Å². The quantitative estimate of drug-likeness (QED) is 0.946. The van der Waals surface area contributed by atoms with Crippen LogP contribution in [0.15, 0.2) is 35.1 Å². The number of nitrogens with zero attached hydrogens (tertiary/aromatic N) is 2. The van der Waals surface area contributed by atoms with E-state index < -0.39 is 0 Å². The molecule has 2 rings (SSSR count). The number of aromatic nitrogens is 2. The second kappa shape index (κ2) is 4.98. The van der Waals surface area contributed by atoms with Crippen molar-refractivity contribution >= 4 is 15.9 Å². The molecular weight excluding hydrogens is 285 g/mol. The van der Waals surface area contributed by atoms with Crippen LogP contribution in [0.3, 0.4) is 0 Å². The lowest BCUT2D eigenvalue weighted by molar-refractivity contribution is 0.624. The van der Waals surface area contributed by atoms with Crippen LogP contribution in [0.2, 0.25) is 0 Å². The Labute approximate surface area is 108 Å². The maximum Gasteiger partial charge on any atom is 0.124 e. The number of benzene rings is 1. The molecule has 1 aromatic carbocycles. The molecule has 0 saturated carbocycles. The van der Waals surface area contributed by atoms with E-state index in [9.17, 15) is 4.39 Å². The summed E-state index contributed by atoms with van der Waals surface area (Å²) in [6.07, 6.45) is 4.29. The standard InChI is InChI=1S/C12H13BrFN3/c1-17-7-9(6-16-17)12(15)4-8-2-3-10(14)5-11(8)13/h2-3,5-7,12H,4,15H2,1H3. The minimum atomic E-state index is -0.254. The molecule has 0 saturated heterocycles. The average Bonchev–Trinajstić information content (AvgIpc) is 2.69. The van der Waals surface area contributed by atoms with E-state index in [1.54, 1.807) is 16.9 Å². The van der Waals surface area contributed by atoms with E-state index in [0.29, 0.717) is 6.42 Å². The molecule has 1 atom stereocenters. The topological polar surface area (TPSA) is 43.8 Å². The molecule has 0 amide bonds. The van der Waals surface area contributed by atoms with E-state index in [0.717, 1.165) is 15.6 Å². The molecule has 0 radical (unpaired) electrons. The minimum absolute atomic E-state index is 0.134. The molecule has 0 aliphatic carbocycles. The zero-order valence-electron chi connectivity index (χ0n) is 9.40. The van der Waals surface area contributed by atoms with Crippen LogP contribution < -0.4 is 5.73 Å². The molecular formula is C12H13BrFN3. The Kier molecular flexibility index (Phi) is 3.59. The summed E-state index contributed by atoms with van der Waals surface area (Å²) < 4.78 is 15.4. The molecule has 0 spiro atoms. The number of rotatable bonds is 3. The Bertz CT molecular complexity index is 524. The Morgan fingerprint density at radius 2 is 2.29 bits per heavy atom. The van der Waals surface area contributed by atoms with Crippen molar-refractivity contribution in [2.24, 2.45) is 12.8 Å². The Morgan fingerprint density at radius 1 is 1.53 bits per heavy atom. The molecule has 2 N–H and O–H groups in total. The lowest BCUT2D eigenvalue weighted by Gasteiger charge is -2.11. The Hall–Kier alpha value is -1.20. The van der Waals surface area contributed by atoms with Gasteiger partial charge >= 0.3 is 0 Å². The molecule has 1 unspecified atom stereocenters. The van der Waals surface area contributed by atoms with Crippen molar-refractivity contribution in [3.63, 3.8) is 0 Å². The first-order valence-corrected chi connectivity index (χ1v) is 6.03. The van der Waals surface area contributed by atoms with Crippen LogP contribution in [0.25, 0.3) is 0 Å². The summed E-state index contributed by atoms with van der Waals surface area (Å²) in [7, 11) is 1.85. The van der Waals surface area contributed by atoms with E-state index in [1.807, 2.05) is 13.2 Å². The highest BCUT2D eigenvalue weighted by Gasteiger charge is 2.11. The van der Waals surface area contributed by atoms with E-state index in [1.165, 1.54) is 12.1 Å². The molecule has 0 aliphatic heterocycles. The van der Waals surface area contributed by atoms with Gasteiger partial charge in [-0.15, -0.1) is 0 Å². The van der Waals surface area contributed by atoms with E-state index in [4.69, 9.17) is 5.73 Å². The third-order valence-corrected chi connectivity index (χ3v) is 3.35. The Balaban J connectivity index is 2.15. The van der Waals surface area contributed by atoms with Crippen LogP contribution in [-0.4, -0.2) is 9.78 Å². The van der Waals surface area contributed by atoms with Crippen LogP contribution in [0, 0.1) is 5.82 Å². The molecule has 17 heavy (non-hydrogen) atoms. The van der Waals surface area contributed by atoms with Crippen molar-refractivity contribution in [2.45, 2.75) is 12.5 Å². The van der Waals surface area contributed by atoms with Crippen molar-refractivity contribution in [1.82, 2.24) is 9.78 Å². The number of nitrogens with two attached hydrogens (primary N) is 1. The minimum Gasteiger partial charge on any atom is -0.324 e. The molecule has 1 heterocycles. The van der Waals surface area contributed by atoms with Crippen LogP contribution >= 0.6 is 15.9 Å². The van der Waals surface area contributed by atoms with Gasteiger partial charge in [-0.25, -0.2) is 4.39 Å². The summed E-state index contributed by atoms with van der Waals surface area (Å²) >= 11 is 3.34. The normalized spacial score (nSPS) is 12.7. The number of hydrogen-bond acceptors (Lipinski definition) is 2. The first-order valence-electron chi connectivity index (χ1n) is 5.24. The summed E-state index contributed by atoms with van der Waals surface area (Å²) in [5.74, 6) is -0.254. The van der Waals surface area contributed by atoms with Crippen molar-refractivity contribution in [2.75, 3.05) is 0 Å². The highest BCUT2D eigenvalue weighted by Crippen LogP contribution is 2.23. The first kappa shape index (κ1) is 12.3. The molecule has 3 nitrogen and oxygen atoms in total. The van der Waals surface area contributed by atoms with Gasteiger partial charge in [0.1, 0.15) is 5.82 Å². The second-order valence-electron chi connectivity index (χ2n) is 3.99. The van der Waals surface area contributed by atoms with Crippen LogP contribution in [0.1, 0.15) is 17.2 Å². The maximum absolute atomic E-state index is 12.9. The second-order valence-corrected chi connectivity index (χ2v) is 4.85. The van der Waals surface area contributed by atoms with Gasteiger partial charge in [0.2, 0.25) is 0 Å². The molecule has 5 heteroatoms. The molecule has 2 aromatic rings. The lowest BCUT2D eigenvalue weighted by Crippen LogP contribution is -2.13. The summed E-state index contributed by atoms with van der Waals surface area (Å²) in [5.41, 5.74) is 8.04. The van der Waals surface area contributed by atoms with Crippen LogP contribution in [-0.2, 0) is 13.5 Å². The van der Waals surface area contributed by atoms with Gasteiger partial charge in [-0.3, -0.25) is 4.68 Å². The van der Waals surface area contributed by atoms with Crippen molar-refractivity contribution in [3.8, 4) is 0 Å². The number of halogens is 2. The fourth-order valence-corrected chi connectivity index (χ4v) is 2.19. The van der Waals surface area contributed by atoms with Crippen molar-refractivity contribution < 1.29 is 4.39 Å². The monoisotopic (exact) mass is 297 g/mol.